The van der Waals surface area contributed by atoms with Crippen LogP contribution < -0.4 is 5.32 Å². The molecule has 0 aromatic heterocycles. The van der Waals surface area contributed by atoms with Crippen molar-refractivity contribution in [2.45, 2.75) is 32.7 Å². The summed E-state index contributed by atoms with van der Waals surface area (Å²) < 4.78 is 4.94. The zero-order valence-corrected chi connectivity index (χ0v) is 7.80. The fourth-order valence-electron chi connectivity index (χ4n) is 1.57. The highest BCUT2D eigenvalue weighted by Crippen LogP contribution is 2.17. The minimum atomic E-state index is -0.0408. The topological polar surface area (TPSA) is 38.3 Å². The molecule has 70 valence electrons. The lowest BCUT2D eigenvalue weighted by atomic mass is 10.0. The zero-order chi connectivity index (χ0) is 8.97. The maximum atomic E-state index is 11.2. The Morgan fingerprint density at radius 2 is 2.33 bits per heavy atom. The van der Waals surface area contributed by atoms with Crippen LogP contribution in [0.15, 0.2) is 0 Å². The number of carbonyl (C=O) groups is 1. The quantitative estimate of drug-likeness (QED) is 0.642. The fourth-order valence-corrected chi connectivity index (χ4v) is 1.57. The number of carbonyl (C=O) groups excluding carboxylic acids is 1. The molecule has 0 amide bonds. The molecule has 2 atom stereocenters. The lowest BCUT2D eigenvalue weighted by Gasteiger charge is -2.07. The Bertz CT molecular complexity index is 159. The summed E-state index contributed by atoms with van der Waals surface area (Å²) in [7, 11) is 0. The zero-order valence-electron chi connectivity index (χ0n) is 7.80. The highest BCUT2D eigenvalue weighted by atomic mass is 16.5. The van der Waals surface area contributed by atoms with Crippen molar-refractivity contribution in [1.82, 2.24) is 5.32 Å². The third kappa shape index (κ3) is 2.21. The summed E-state index contributed by atoms with van der Waals surface area (Å²) >= 11 is 0. The molecule has 0 spiro atoms. The summed E-state index contributed by atoms with van der Waals surface area (Å²) in [6.45, 7) is 5.26. The van der Waals surface area contributed by atoms with Gasteiger partial charge in [0.25, 0.3) is 0 Å². The van der Waals surface area contributed by atoms with Crippen molar-refractivity contribution in [3.05, 3.63) is 0 Å². The molecular formula is C9H17NO2. The SMILES string of the molecule is CCOC(=O)[C@@H]1CN[C@@H](CC)C1. The van der Waals surface area contributed by atoms with E-state index in [0.29, 0.717) is 12.6 Å². The number of nitrogens with one attached hydrogen (secondary N) is 1. The van der Waals surface area contributed by atoms with Gasteiger partial charge in [0, 0.05) is 12.6 Å². The number of rotatable bonds is 3. The van der Waals surface area contributed by atoms with Gasteiger partial charge in [0.05, 0.1) is 12.5 Å². The Morgan fingerprint density at radius 3 is 2.83 bits per heavy atom. The Balaban J connectivity index is 2.31. The van der Waals surface area contributed by atoms with Crippen molar-refractivity contribution in [3.63, 3.8) is 0 Å². The molecule has 1 fully saturated rings. The number of ether oxygens (including phenoxy) is 1. The molecule has 0 aromatic rings. The van der Waals surface area contributed by atoms with Gasteiger partial charge in [0.2, 0.25) is 0 Å². The standard InChI is InChI=1S/C9H17NO2/c1-3-8-5-7(6-10-8)9(11)12-4-2/h7-8,10H,3-6H2,1-2H3/t7-,8-/m0/s1. The van der Waals surface area contributed by atoms with E-state index in [1.807, 2.05) is 6.92 Å². The van der Waals surface area contributed by atoms with Gasteiger partial charge in [-0.25, -0.2) is 0 Å². The van der Waals surface area contributed by atoms with Crippen LogP contribution in [-0.2, 0) is 9.53 Å². The maximum absolute atomic E-state index is 11.2. The van der Waals surface area contributed by atoms with Crippen LogP contribution in [0.25, 0.3) is 0 Å². The van der Waals surface area contributed by atoms with Crippen molar-refractivity contribution in [2.24, 2.45) is 5.92 Å². The molecule has 1 N–H and O–H groups in total. The van der Waals surface area contributed by atoms with Crippen LogP contribution in [0.5, 0.6) is 0 Å². The Kier molecular flexibility index (Phi) is 3.53. The predicted molar refractivity (Wildman–Crippen MR) is 46.8 cm³/mol. The summed E-state index contributed by atoms with van der Waals surface area (Å²) in [6, 6.07) is 0.513. The molecule has 0 radical (unpaired) electrons. The van der Waals surface area contributed by atoms with Gasteiger partial charge in [-0.3, -0.25) is 4.79 Å². The van der Waals surface area contributed by atoms with Crippen LogP contribution in [0.4, 0.5) is 0 Å². The van der Waals surface area contributed by atoms with Crippen LogP contribution in [0, 0.1) is 5.92 Å². The first-order valence-electron chi connectivity index (χ1n) is 4.68. The van der Waals surface area contributed by atoms with Gasteiger partial charge in [0.15, 0.2) is 0 Å². The average molecular weight is 171 g/mol. The number of esters is 1. The highest BCUT2D eigenvalue weighted by Gasteiger charge is 2.29. The van der Waals surface area contributed by atoms with E-state index in [1.165, 1.54) is 0 Å². The molecule has 0 aliphatic carbocycles. The van der Waals surface area contributed by atoms with Crippen LogP contribution in [0.3, 0.4) is 0 Å². The first-order valence-corrected chi connectivity index (χ1v) is 4.68. The van der Waals surface area contributed by atoms with Crippen molar-refractivity contribution >= 4 is 5.97 Å². The molecule has 1 aliphatic heterocycles. The molecule has 0 bridgehead atoms. The number of hydrogen-bond donors (Lipinski definition) is 1. The summed E-state index contributed by atoms with van der Waals surface area (Å²) in [4.78, 5) is 11.2. The summed E-state index contributed by atoms with van der Waals surface area (Å²) in [6.07, 6.45) is 2.03. The second-order valence-electron chi connectivity index (χ2n) is 3.20. The molecule has 1 saturated heterocycles. The minimum Gasteiger partial charge on any atom is -0.466 e. The monoisotopic (exact) mass is 171 g/mol. The molecule has 0 unspecified atom stereocenters. The van der Waals surface area contributed by atoms with Gasteiger partial charge in [0.1, 0.15) is 0 Å². The highest BCUT2D eigenvalue weighted by molar-refractivity contribution is 5.73. The molecule has 1 heterocycles. The van der Waals surface area contributed by atoms with E-state index in [4.69, 9.17) is 4.74 Å². The van der Waals surface area contributed by atoms with Gasteiger partial charge in [-0.15, -0.1) is 0 Å². The number of hydrogen-bond acceptors (Lipinski definition) is 3. The van der Waals surface area contributed by atoms with E-state index < -0.39 is 0 Å². The third-order valence-corrected chi connectivity index (χ3v) is 2.33. The van der Waals surface area contributed by atoms with Crippen molar-refractivity contribution in [1.29, 1.82) is 0 Å². The summed E-state index contributed by atoms with van der Waals surface area (Å²) in [5.74, 6) is 0.0517. The average Bonchev–Trinajstić information content (AvgIpc) is 2.52. The van der Waals surface area contributed by atoms with Crippen LogP contribution in [0.2, 0.25) is 0 Å². The van der Waals surface area contributed by atoms with E-state index in [2.05, 4.69) is 12.2 Å². The second kappa shape index (κ2) is 4.45. The van der Waals surface area contributed by atoms with Gasteiger partial charge in [-0.2, -0.15) is 0 Å². The normalized spacial score (nSPS) is 28.8. The Labute approximate surface area is 73.5 Å². The lowest BCUT2D eigenvalue weighted by Crippen LogP contribution is -2.21. The van der Waals surface area contributed by atoms with Gasteiger partial charge < -0.3 is 10.1 Å². The third-order valence-electron chi connectivity index (χ3n) is 2.33. The summed E-state index contributed by atoms with van der Waals surface area (Å²) in [5, 5.41) is 3.29. The van der Waals surface area contributed by atoms with Gasteiger partial charge in [-0.1, -0.05) is 6.92 Å². The molecular weight excluding hydrogens is 154 g/mol. The molecule has 12 heavy (non-hydrogen) atoms. The van der Waals surface area contributed by atoms with E-state index >= 15 is 0 Å². The molecule has 0 aromatic carbocycles. The van der Waals surface area contributed by atoms with E-state index in [-0.39, 0.29) is 11.9 Å². The van der Waals surface area contributed by atoms with Gasteiger partial charge >= 0.3 is 5.97 Å². The maximum Gasteiger partial charge on any atom is 0.310 e. The van der Waals surface area contributed by atoms with E-state index in [0.717, 1.165) is 19.4 Å². The van der Waals surface area contributed by atoms with E-state index in [1.54, 1.807) is 0 Å². The van der Waals surface area contributed by atoms with Crippen molar-refractivity contribution in [2.75, 3.05) is 13.2 Å². The molecule has 1 aliphatic rings. The molecule has 0 saturated carbocycles. The first kappa shape index (κ1) is 9.52. The predicted octanol–water partition coefficient (Wildman–Crippen LogP) is 0.938. The fraction of sp³-hybridized carbons (Fsp3) is 0.889. The Morgan fingerprint density at radius 1 is 1.58 bits per heavy atom. The van der Waals surface area contributed by atoms with Crippen molar-refractivity contribution in [3.8, 4) is 0 Å². The second-order valence-corrected chi connectivity index (χ2v) is 3.20. The largest absolute Gasteiger partial charge is 0.466 e. The van der Waals surface area contributed by atoms with Crippen molar-refractivity contribution < 1.29 is 9.53 Å². The van der Waals surface area contributed by atoms with E-state index in [9.17, 15) is 4.79 Å². The molecule has 3 heteroatoms. The smallest absolute Gasteiger partial charge is 0.310 e. The lowest BCUT2D eigenvalue weighted by molar-refractivity contribution is -0.147. The Hall–Kier alpha value is -0.570. The minimum absolute atomic E-state index is 0.0408. The van der Waals surface area contributed by atoms with Crippen LogP contribution in [0.1, 0.15) is 26.7 Å². The van der Waals surface area contributed by atoms with Gasteiger partial charge in [-0.05, 0) is 19.8 Å². The summed E-state index contributed by atoms with van der Waals surface area (Å²) in [5.41, 5.74) is 0. The van der Waals surface area contributed by atoms with Crippen LogP contribution in [-0.4, -0.2) is 25.2 Å². The first-order chi connectivity index (χ1) is 5.77. The van der Waals surface area contributed by atoms with Crippen LogP contribution >= 0.6 is 0 Å². The molecule has 1 rings (SSSR count). The molecule has 3 nitrogen and oxygen atoms in total.